The van der Waals surface area contributed by atoms with Gasteiger partial charge in [0.2, 0.25) is 0 Å². The van der Waals surface area contributed by atoms with Crippen LogP contribution in [0.2, 0.25) is 0 Å². The van der Waals surface area contributed by atoms with E-state index >= 15 is 0 Å². The molecule has 1 fully saturated rings. The van der Waals surface area contributed by atoms with Gasteiger partial charge < -0.3 is 5.73 Å². The smallest absolute Gasteiger partial charge is 0.126 e. The highest BCUT2D eigenvalue weighted by Crippen LogP contribution is 2.33. The summed E-state index contributed by atoms with van der Waals surface area (Å²) in [6.07, 6.45) is 5.14. The highest BCUT2D eigenvalue weighted by molar-refractivity contribution is 5.20. The van der Waals surface area contributed by atoms with E-state index in [4.69, 9.17) is 5.73 Å². The largest absolute Gasteiger partial charge is 0.325 e. The highest BCUT2D eigenvalue weighted by Gasteiger charge is 2.31. The Labute approximate surface area is 96.9 Å². The number of rotatable bonds is 2. The second-order valence-electron chi connectivity index (χ2n) is 5.33. The van der Waals surface area contributed by atoms with Crippen LogP contribution in [-0.4, -0.2) is 5.54 Å². The van der Waals surface area contributed by atoms with Crippen LogP contribution >= 0.6 is 0 Å². The minimum absolute atomic E-state index is 0.120. The molecule has 1 aliphatic carbocycles. The number of benzene rings is 1. The first kappa shape index (κ1) is 11.6. The van der Waals surface area contributed by atoms with Gasteiger partial charge in [-0.05, 0) is 36.8 Å². The van der Waals surface area contributed by atoms with Gasteiger partial charge >= 0.3 is 0 Å². The average molecular weight is 221 g/mol. The fourth-order valence-electron chi connectivity index (χ4n) is 2.88. The molecule has 16 heavy (non-hydrogen) atoms. The van der Waals surface area contributed by atoms with Crippen molar-refractivity contribution in [3.63, 3.8) is 0 Å². The lowest BCUT2D eigenvalue weighted by Crippen LogP contribution is -2.46. The van der Waals surface area contributed by atoms with Crippen molar-refractivity contribution in [1.82, 2.24) is 0 Å². The third-order valence-corrected chi connectivity index (χ3v) is 3.63. The topological polar surface area (TPSA) is 26.0 Å². The number of hydrogen-bond acceptors (Lipinski definition) is 1. The van der Waals surface area contributed by atoms with Gasteiger partial charge in [0.05, 0.1) is 0 Å². The Hall–Kier alpha value is -0.890. The molecule has 2 N–H and O–H groups in total. The van der Waals surface area contributed by atoms with Crippen LogP contribution in [0.25, 0.3) is 0 Å². The van der Waals surface area contributed by atoms with E-state index < -0.39 is 0 Å². The van der Waals surface area contributed by atoms with E-state index in [1.54, 1.807) is 6.07 Å². The fraction of sp³-hybridized carbons (Fsp3) is 0.571. The van der Waals surface area contributed by atoms with Crippen molar-refractivity contribution in [2.75, 3.05) is 0 Å². The molecule has 0 amide bonds. The van der Waals surface area contributed by atoms with E-state index in [1.165, 1.54) is 18.9 Å². The second-order valence-corrected chi connectivity index (χ2v) is 5.33. The van der Waals surface area contributed by atoms with Gasteiger partial charge in [-0.25, -0.2) is 4.39 Å². The fourth-order valence-corrected chi connectivity index (χ4v) is 2.88. The SMILES string of the molecule is CC1CCCC(N)(Cc2ccccc2F)C1. The second kappa shape index (κ2) is 4.54. The van der Waals surface area contributed by atoms with E-state index in [-0.39, 0.29) is 11.4 Å². The first-order valence-corrected chi connectivity index (χ1v) is 6.11. The molecule has 0 heterocycles. The quantitative estimate of drug-likeness (QED) is 0.815. The molecule has 0 bridgehead atoms. The Morgan fingerprint density at radius 2 is 2.19 bits per heavy atom. The Kier molecular flexibility index (Phi) is 3.29. The van der Waals surface area contributed by atoms with Gasteiger partial charge in [-0.2, -0.15) is 0 Å². The molecule has 0 aromatic heterocycles. The minimum atomic E-state index is -0.195. The number of nitrogens with two attached hydrogens (primary N) is 1. The van der Waals surface area contributed by atoms with E-state index in [9.17, 15) is 4.39 Å². The van der Waals surface area contributed by atoms with Crippen molar-refractivity contribution in [1.29, 1.82) is 0 Å². The summed E-state index contributed by atoms with van der Waals surface area (Å²) in [4.78, 5) is 0. The summed E-state index contributed by atoms with van der Waals surface area (Å²) in [6, 6.07) is 6.98. The first-order chi connectivity index (χ1) is 7.59. The zero-order valence-electron chi connectivity index (χ0n) is 9.88. The molecule has 88 valence electrons. The maximum Gasteiger partial charge on any atom is 0.126 e. The standard InChI is InChI=1S/C14H20FN/c1-11-5-4-8-14(16,9-11)10-12-6-2-3-7-13(12)15/h2-3,6-7,11H,4-5,8-10,16H2,1H3. The van der Waals surface area contributed by atoms with Crippen LogP contribution < -0.4 is 5.73 Å². The lowest BCUT2D eigenvalue weighted by atomic mass is 9.74. The minimum Gasteiger partial charge on any atom is -0.325 e. The summed E-state index contributed by atoms with van der Waals surface area (Å²) in [5, 5.41) is 0. The summed E-state index contributed by atoms with van der Waals surface area (Å²) < 4.78 is 13.6. The molecule has 1 saturated carbocycles. The van der Waals surface area contributed by atoms with Crippen LogP contribution in [-0.2, 0) is 6.42 Å². The van der Waals surface area contributed by atoms with Crippen molar-refractivity contribution in [3.05, 3.63) is 35.6 Å². The summed E-state index contributed by atoms with van der Waals surface area (Å²) >= 11 is 0. The van der Waals surface area contributed by atoms with Gasteiger partial charge in [0.1, 0.15) is 5.82 Å². The summed E-state index contributed by atoms with van der Waals surface area (Å²) in [5.74, 6) is 0.552. The Bertz CT molecular complexity index is 364. The van der Waals surface area contributed by atoms with Gasteiger partial charge in [0.15, 0.2) is 0 Å². The molecule has 0 spiro atoms. The molecule has 1 nitrogen and oxygen atoms in total. The summed E-state index contributed by atoms with van der Waals surface area (Å²) in [6.45, 7) is 2.24. The molecule has 2 unspecified atom stereocenters. The lowest BCUT2D eigenvalue weighted by molar-refractivity contribution is 0.233. The van der Waals surface area contributed by atoms with Gasteiger partial charge in [-0.1, -0.05) is 38.0 Å². The van der Waals surface area contributed by atoms with Crippen molar-refractivity contribution >= 4 is 0 Å². The predicted molar refractivity (Wildman–Crippen MR) is 64.7 cm³/mol. The van der Waals surface area contributed by atoms with Gasteiger partial charge in [0, 0.05) is 5.54 Å². The molecule has 0 saturated heterocycles. The molecule has 2 heteroatoms. The zero-order valence-corrected chi connectivity index (χ0v) is 9.88. The van der Waals surface area contributed by atoms with Crippen LogP contribution in [0.4, 0.5) is 4.39 Å². The molecular formula is C14H20FN. The van der Waals surface area contributed by atoms with Crippen molar-refractivity contribution in [2.45, 2.75) is 44.6 Å². The molecule has 0 radical (unpaired) electrons. The molecule has 2 rings (SSSR count). The normalized spacial score (nSPS) is 30.3. The zero-order chi connectivity index (χ0) is 11.6. The highest BCUT2D eigenvalue weighted by atomic mass is 19.1. The Balaban J connectivity index is 2.11. The van der Waals surface area contributed by atoms with Crippen molar-refractivity contribution in [3.8, 4) is 0 Å². The third kappa shape index (κ3) is 2.62. The average Bonchev–Trinajstić information content (AvgIpc) is 2.21. The number of halogens is 1. The Morgan fingerprint density at radius 1 is 1.44 bits per heavy atom. The third-order valence-electron chi connectivity index (χ3n) is 3.63. The van der Waals surface area contributed by atoms with Crippen LogP contribution in [0.3, 0.4) is 0 Å². The van der Waals surface area contributed by atoms with Gasteiger partial charge in [-0.3, -0.25) is 0 Å². The van der Waals surface area contributed by atoms with Crippen LogP contribution in [0.15, 0.2) is 24.3 Å². The molecule has 1 aromatic rings. The van der Waals surface area contributed by atoms with Crippen LogP contribution in [0.5, 0.6) is 0 Å². The first-order valence-electron chi connectivity index (χ1n) is 6.11. The Morgan fingerprint density at radius 3 is 2.88 bits per heavy atom. The maximum atomic E-state index is 13.6. The van der Waals surface area contributed by atoms with Crippen LogP contribution in [0.1, 0.15) is 38.2 Å². The van der Waals surface area contributed by atoms with E-state index in [1.807, 2.05) is 12.1 Å². The molecule has 2 atom stereocenters. The van der Waals surface area contributed by atoms with E-state index in [0.29, 0.717) is 12.3 Å². The molecule has 1 aliphatic rings. The maximum absolute atomic E-state index is 13.6. The monoisotopic (exact) mass is 221 g/mol. The van der Waals surface area contributed by atoms with Gasteiger partial charge in [-0.15, -0.1) is 0 Å². The van der Waals surface area contributed by atoms with Crippen LogP contribution in [0, 0.1) is 11.7 Å². The number of hydrogen-bond donors (Lipinski definition) is 1. The summed E-state index contributed by atoms with van der Waals surface area (Å²) in [5.41, 5.74) is 6.95. The summed E-state index contributed by atoms with van der Waals surface area (Å²) in [7, 11) is 0. The van der Waals surface area contributed by atoms with Crippen molar-refractivity contribution in [2.24, 2.45) is 11.7 Å². The van der Waals surface area contributed by atoms with E-state index in [0.717, 1.165) is 18.4 Å². The molecular weight excluding hydrogens is 201 g/mol. The van der Waals surface area contributed by atoms with Gasteiger partial charge in [0.25, 0.3) is 0 Å². The molecule has 1 aromatic carbocycles. The van der Waals surface area contributed by atoms with Crippen molar-refractivity contribution < 1.29 is 4.39 Å². The lowest BCUT2D eigenvalue weighted by Gasteiger charge is -2.37. The van der Waals surface area contributed by atoms with E-state index in [2.05, 4.69) is 6.92 Å². The predicted octanol–water partition coefficient (Wildman–Crippen LogP) is 3.28. The molecule has 0 aliphatic heterocycles.